The van der Waals surface area contributed by atoms with Gasteiger partial charge in [0.1, 0.15) is 6.10 Å². The zero-order chi connectivity index (χ0) is 13.8. The molecule has 0 radical (unpaired) electrons. The lowest BCUT2D eigenvalue weighted by atomic mass is 9.82. The molecule has 1 N–H and O–H groups in total. The smallest absolute Gasteiger partial charge is 0.184 e. The third-order valence-electron chi connectivity index (χ3n) is 4.20. The van der Waals surface area contributed by atoms with E-state index in [-0.39, 0.29) is 12.0 Å². The Hall–Kier alpha value is -0.900. The van der Waals surface area contributed by atoms with E-state index in [0.29, 0.717) is 12.5 Å². The molecule has 0 aromatic heterocycles. The van der Waals surface area contributed by atoms with Gasteiger partial charge in [0.05, 0.1) is 12.7 Å². The van der Waals surface area contributed by atoms with Crippen LogP contribution in [0.4, 0.5) is 0 Å². The normalized spacial score (nSPS) is 35.3. The van der Waals surface area contributed by atoms with Crippen LogP contribution < -0.4 is 0 Å². The molecule has 1 fully saturated rings. The number of rotatable bonds is 4. The monoisotopic (exact) mass is 264 g/mol. The van der Waals surface area contributed by atoms with E-state index < -0.39 is 12.4 Å². The van der Waals surface area contributed by atoms with Gasteiger partial charge in [-0.1, -0.05) is 51.1 Å². The van der Waals surface area contributed by atoms with Crippen LogP contribution in [0.1, 0.15) is 32.8 Å². The van der Waals surface area contributed by atoms with E-state index in [2.05, 4.69) is 20.8 Å². The lowest BCUT2D eigenvalue weighted by Crippen LogP contribution is -2.50. The van der Waals surface area contributed by atoms with Gasteiger partial charge in [0, 0.05) is 0 Å². The lowest BCUT2D eigenvalue weighted by molar-refractivity contribution is -0.274. The molecule has 106 valence electrons. The summed E-state index contributed by atoms with van der Waals surface area (Å²) in [5.74, 6) is 0.552. The molecular weight excluding hydrogens is 240 g/mol. The van der Waals surface area contributed by atoms with Crippen LogP contribution in [-0.2, 0) is 16.1 Å². The summed E-state index contributed by atoms with van der Waals surface area (Å²) < 4.78 is 11.6. The number of aliphatic hydroxyl groups is 1. The van der Waals surface area contributed by atoms with Crippen molar-refractivity contribution in [3.63, 3.8) is 0 Å². The van der Waals surface area contributed by atoms with Gasteiger partial charge in [0.25, 0.3) is 0 Å². The maximum absolute atomic E-state index is 10.2. The van der Waals surface area contributed by atoms with Crippen molar-refractivity contribution in [3.8, 4) is 0 Å². The molecule has 0 saturated carbocycles. The summed E-state index contributed by atoms with van der Waals surface area (Å²) in [6, 6.07) is 9.97. The zero-order valence-electron chi connectivity index (χ0n) is 12.0. The molecule has 2 rings (SSSR count). The molecular formula is C16H24O3. The largest absolute Gasteiger partial charge is 0.388 e. The fourth-order valence-corrected chi connectivity index (χ4v) is 2.63. The Morgan fingerprint density at radius 3 is 2.47 bits per heavy atom. The van der Waals surface area contributed by atoms with Crippen LogP contribution in [0, 0.1) is 11.8 Å². The summed E-state index contributed by atoms with van der Waals surface area (Å²) in [6.45, 7) is 6.79. The van der Waals surface area contributed by atoms with Gasteiger partial charge in [-0.25, -0.2) is 0 Å². The standard InChI is InChI=1S/C16H24O3/c1-4-14-11(2)12(3)15(17)16(19-14)18-10-13-8-6-5-7-9-13/h5-9,11-12,14-17H,4,10H2,1-3H3/t11-,12-,14?,15?,16-/m0/s1. The Morgan fingerprint density at radius 1 is 1.16 bits per heavy atom. The molecule has 2 unspecified atom stereocenters. The SMILES string of the molecule is CCC1O[C@H](OCc2ccccc2)C(O)[C@@H](C)[C@@H]1C. The van der Waals surface area contributed by atoms with Gasteiger partial charge in [-0.2, -0.15) is 0 Å². The minimum absolute atomic E-state index is 0.166. The molecule has 0 spiro atoms. The van der Waals surface area contributed by atoms with Gasteiger partial charge >= 0.3 is 0 Å². The highest BCUT2D eigenvalue weighted by molar-refractivity contribution is 5.13. The molecule has 0 aliphatic carbocycles. The second kappa shape index (κ2) is 6.51. The van der Waals surface area contributed by atoms with E-state index in [1.807, 2.05) is 30.3 Å². The molecule has 3 nitrogen and oxygen atoms in total. The fraction of sp³-hybridized carbons (Fsp3) is 0.625. The van der Waals surface area contributed by atoms with Gasteiger partial charge < -0.3 is 14.6 Å². The zero-order valence-corrected chi connectivity index (χ0v) is 12.0. The molecule has 1 aliphatic heterocycles. The molecule has 0 amide bonds. The molecule has 19 heavy (non-hydrogen) atoms. The number of aliphatic hydroxyl groups excluding tert-OH is 1. The van der Waals surface area contributed by atoms with E-state index in [9.17, 15) is 5.11 Å². The average Bonchev–Trinajstić information content (AvgIpc) is 2.45. The summed E-state index contributed by atoms with van der Waals surface area (Å²) >= 11 is 0. The van der Waals surface area contributed by atoms with E-state index in [1.54, 1.807) is 0 Å². The lowest BCUT2D eigenvalue weighted by Gasteiger charge is -2.42. The number of benzene rings is 1. The van der Waals surface area contributed by atoms with Crippen molar-refractivity contribution < 1.29 is 14.6 Å². The maximum atomic E-state index is 10.2. The first-order valence-corrected chi connectivity index (χ1v) is 7.12. The summed E-state index contributed by atoms with van der Waals surface area (Å²) in [4.78, 5) is 0. The van der Waals surface area contributed by atoms with Gasteiger partial charge in [0.15, 0.2) is 6.29 Å². The molecule has 1 aromatic carbocycles. The average molecular weight is 264 g/mol. The first-order chi connectivity index (χ1) is 9.13. The summed E-state index contributed by atoms with van der Waals surface area (Å²) in [6.07, 6.45) is 0.0423. The quantitative estimate of drug-likeness (QED) is 0.908. The van der Waals surface area contributed by atoms with Crippen molar-refractivity contribution in [1.82, 2.24) is 0 Å². The predicted molar refractivity (Wildman–Crippen MR) is 74.5 cm³/mol. The van der Waals surface area contributed by atoms with Crippen molar-refractivity contribution in [2.45, 2.75) is 52.3 Å². The molecule has 3 heteroatoms. The Bertz CT molecular complexity index is 377. The minimum Gasteiger partial charge on any atom is -0.388 e. The Labute approximate surface area is 115 Å². The first-order valence-electron chi connectivity index (χ1n) is 7.12. The summed E-state index contributed by atoms with van der Waals surface area (Å²) in [5.41, 5.74) is 1.10. The molecule has 1 heterocycles. The van der Waals surface area contributed by atoms with E-state index in [4.69, 9.17) is 9.47 Å². The van der Waals surface area contributed by atoms with Crippen molar-refractivity contribution >= 4 is 0 Å². The Kier molecular flexibility index (Phi) is 4.97. The number of hydrogen-bond donors (Lipinski definition) is 1. The van der Waals surface area contributed by atoms with Crippen LogP contribution in [0.15, 0.2) is 30.3 Å². The Balaban J connectivity index is 1.95. The van der Waals surface area contributed by atoms with Gasteiger partial charge in [-0.05, 0) is 23.8 Å². The third kappa shape index (κ3) is 3.35. The van der Waals surface area contributed by atoms with E-state index in [0.717, 1.165) is 12.0 Å². The van der Waals surface area contributed by atoms with Crippen molar-refractivity contribution in [2.24, 2.45) is 11.8 Å². The highest BCUT2D eigenvalue weighted by atomic mass is 16.7. The van der Waals surface area contributed by atoms with Crippen LogP contribution in [0.3, 0.4) is 0 Å². The summed E-state index contributed by atoms with van der Waals surface area (Å²) in [7, 11) is 0. The molecule has 1 saturated heterocycles. The second-order valence-electron chi connectivity index (χ2n) is 5.46. The molecule has 0 bridgehead atoms. The predicted octanol–water partition coefficient (Wildman–Crippen LogP) is 2.97. The van der Waals surface area contributed by atoms with Gasteiger partial charge in [-0.15, -0.1) is 0 Å². The van der Waals surface area contributed by atoms with Crippen LogP contribution >= 0.6 is 0 Å². The fourth-order valence-electron chi connectivity index (χ4n) is 2.63. The molecule has 1 aliphatic rings. The van der Waals surface area contributed by atoms with Crippen molar-refractivity contribution in [1.29, 1.82) is 0 Å². The van der Waals surface area contributed by atoms with E-state index in [1.165, 1.54) is 0 Å². The van der Waals surface area contributed by atoms with Gasteiger partial charge in [0.2, 0.25) is 0 Å². The number of hydrogen-bond acceptors (Lipinski definition) is 3. The van der Waals surface area contributed by atoms with Crippen LogP contribution in [-0.4, -0.2) is 23.6 Å². The Morgan fingerprint density at radius 2 is 1.84 bits per heavy atom. The van der Waals surface area contributed by atoms with Crippen LogP contribution in [0.25, 0.3) is 0 Å². The van der Waals surface area contributed by atoms with Crippen LogP contribution in [0.5, 0.6) is 0 Å². The van der Waals surface area contributed by atoms with Crippen LogP contribution in [0.2, 0.25) is 0 Å². The van der Waals surface area contributed by atoms with Gasteiger partial charge in [-0.3, -0.25) is 0 Å². The van der Waals surface area contributed by atoms with Crippen molar-refractivity contribution in [2.75, 3.05) is 0 Å². The minimum atomic E-state index is -0.554. The number of ether oxygens (including phenoxy) is 2. The molecule has 5 atom stereocenters. The van der Waals surface area contributed by atoms with Crippen molar-refractivity contribution in [3.05, 3.63) is 35.9 Å². The highest BCUT2D eigenvalue weighted by Gasteiger charge is 2.40. The summed E-state index contributed by atoms with van der Waals surface area (Å²) in [5, 5.41) is 10.2. The molecule has 1 aromatic rings. The van der Waals surface area contributed by atoms with E-state index >= 15 is 0 Å². The third-order valence-corrected chi connectivity index (χ3v) is 4.20. The topological polar surface area (TPSA) is 38.7 Å². The highest BCUT2D eigenvalue weighted by Crippen LogP contribution is 2.32. The first kappa shape index (κ1) is 14.5. The maximum Gasteiger partial charge on any atom is 0.184 e. The second-order valence-corrected chi connectivity index (χ2v) is 5.46.